The number of likely N-dealkylation sites (N-methyl/N-ethyl adjacent to an activating group) is 1. The van der Waals surface area contributed by atoms with Gasteiger partial charge in [0.25, 0.3) is 11.5 Å². The highest BCUT2D eigenvalue weighted by molar-refractivity contribution is 5.98. The van der Waals surface area contributed by atoms with E-state index in [4.69, 9.17) is 10.5 Å². The molecule has 33 heavy (non-hydrogen) atoms. The summed E-state index contributed by atoms with van der Waals surface area (Å²) in [5, 5.41) is 9.75. The molecule has 1 amide bonds. The van der Waals surface area contributed by atoms with E-state index in [2.05, 4.69) is 4.98 Å². The number of nitrogens with one attached hydrogen (secondary N) is 1. The first-order valence-electron chi connectivity index (χ1n) is 10.2. The van der Waals surface area contributed by atoms with Crippen LogP contribution >= 0.6 is 0 Å². The average molecular weight is 452 g/mol. The standard InChI is InChI=1S/C23H24N4O6/c1-3-26(18(29)13-33-22(31)16-10-9-14(2)17(28)11-16)19-20(24)27(23(32)25-21(19)30)12-15-7-5-4-6-8-15/h4-11,28H,3,12-13,24H2,1-2H3,(H,25,30,32). The first-order chi connectivity index (χ1) is 15.7. The van der Waals surface area contributed by atoms with Gasteiger partial charge in [-0.1, -0.05) is 36.4 Å². The van der Waals surface area contributed by atoms with Crippen LogP contribution in [0, 0.1) is 6.92 Å². The lowest BCUT2D eigenvalue weighted by atomic mass is 10.1. The van der Waals surface area contributed by atoms with Crippen molar-refractivity contribution in [1.82, 2.24) is 9.55 Å². The average Bonchev–Trinajstić information content (AvgIpc) is 2.80. The van der Waals surface area contributed by atoms with E-state index >= 15 is 0 Å². The number of aryl methyl sites for hydroxylation is 1. The molecule has 0 saturated heterocycles. The van der Waals surface area contributed by atoms with E-state index in [0.717, 1.165) is 15.0 Å². The van der Waals surface area contributed by atoms with Crippen molar-refractivity contribution in [1.29, 1.82) is 0 Å². The number of hydrogen-bond acceptors (Lipinski definition) is 7. The fraction of sp³-hybridized carbons (Fsp3) is 0.217. The molecule has 0 aliphatic rings. The number of esters is 1. The molecular formula is C23H24N4O6. The fourth-order valence-electron chi connectivity index (χ4n) is 3.25. The molecule has 3 aromatic rings. The van der Waals surface area contributed by atoms with Gasteiger partial charge in [-0.2, -0.15) is 0 Å². The molecule has 0 atom stereocenters. The molecule has 0 aliphatic heterocycles. The number of aromatic nitrogens is 2. The molecular weight excluding hydrogens is 428 g/mol. The van der Waals surface area contributed by atoms with Crippen LogP contribution in [-0.2, 0) is 16.1 Å². The highest BCUT2D eigenvalue weighted by Crippen LogP contribution is 2.19. The highest BCUT2D eigenvalue weighted by Gasteiger charge is 2.24. The van der Waals surface area contributed by atoms with Crippen LogP contribution in [0.25, 0.3) is 0 Å². The van der Waals surface area contributed by atoms with Crippen molar-refractivity contribution in [2.45, 2.75) is 20.4 Å². The third-order valence-electron chi connectivity index (χ3n) is 5.06. The van der Waals surface area contributed by atoms with E-state index in [1.54, 1.807) is 44.2 Å². The minimum atomic E-state index is -0.827. The number of phenolic OH excluding ortho intramolecular Hbond substituents is 1. The lowest BCUT2D eigenvalue weighted by Gasteiger charge is -2.23. The Kier molecular flexibility index (Phi) is 6.97. The van der Waals surface area contributed by atoms with Crippen molar-refractivity contribution in [3.05, 3.63) is 86.1 Å². The Labute approximate surface area is 188 Å². The third-order valence-corrected chi connectivity index (χ3v) is 5.06. The summed E-state index contributed by atoms with van der Waals surface area (Å²) in [5.41, 5.74) is 5.82. The molecule has 1 heterocycles. The quantitative estimate of drug-likeness (QED) is 0.459. The number of H-pyrrole nitrogens is 1. The number of aromatic hydroxyl groups is 1. The van der Waals surface area contributed by atoms with Gasteiger partial charge < -0.3 is 20.5 Å². The summed E-state index contributed by atoms with van der Waals surface area (Å²) in [6.45, 7) is 2.75. The summed E-state index contributed by atoms with van der Waals surface area (Å²) < 4.78 is 6.21. The number of ether oxygens (including phenoxy) is 1. The highest BCUT2D eigenvalue weighted by atomic mass is 16.5. The van der Waals surface area contributed by atoms with Gasteiger partial charge in [-0.25, -0.2) is 9.59 Å². The van der Waals surface area contributed by atoms with Crippen LogP contribution < -0.4 is 21.9 Å². The van der Waals surface area contributed by atoms with E-state index in [0.29, 0.717) is 5.56 Å². The van der Waals surface area contributed by atoms with Gasteiger partial charge in [0.15, 0.2) is 12.3 Å². The summed E-state index contributed by atoms with van der Waals surface area (Å²) in [6, 6.07) is 13.3. The number of rotatable bonds is 7. The molecule has 1 aromatic heterocycles. The summed E-state index contributed by atoms with van der Waals surface area (Å²) in [5.74, 6) is -1.78. The van der Waals surface area contributed by atoms with E-state index in [1.807, 2.05) is 6.07 Å². The molecule has 10 nitrogen and oxygen atoms in total. The number of phenols is 1. The maximum Gasteiger partial charge on any atom is 0.338 e. The topological polar surface area (TPSA) is 148 Å². The second kappa shape index (κ2) is 9.86. The number of nitrogen functional groups attached to an aromatic ring is 1. The van der Waals surface area contributed by atoms with Gasteiger partial charge in [0.1, 0.15) is 11.6 Å². The SMILES string of the molecule is CCN(C(=O)COC(=O)c1ccc(C)c(O)c1)c1c(N)n(Cc2ccccc2)c(=O)[nH]c1=O. The number of anilines is 2. The van der Waals surface area contributed by atoms with Gasteiger partial charge in [-0.3, -0.25) is 19.1 Å². The van der Waals surface area contributed by atoms with Crippen LogP contribution in [-0.4, -0.2) is 39.7 Å². The third kappa shape index (κ3) is 5.12. The van der Waals surface area contributed by atoms with Crippen molar-refractivity contribution in [3.8, 4) is 5.75 Å². The Morgan fingerprint density at radius 2 is 1.85 bits per heavy atom. The number of aromatic amines is 1. The summed E-state index contributed by atoms with van der Waals surface area (Å²) >= 11 is 0. The van der Waals surface area contributed by atoms with Gasteiger partial charge in [-0.15, -0.1) is 0 Å². The zero-order valence-corrected chi connectivity index (χ0v) is 18.2. The van der Waals surface area contributed by atoms with Crippen LogP contribution in [0.1, 0.15) is 28.4 Å². The minimum absolute atomic E-state index is 0.0402. The Morgan fingerprint density at radius 1 is 1.15 bits per heavy atom. The van der Waals surface area contributed by atoms with Crippen molar-refractivity contribution in [2.75, 3.05) is 23.8 Å². The Morgan fingerprint density at radius 3 is 2.48 bits per heavy atom. The van der Waals surface area contributed by atoms with Crippen LogP contribution in [0.4, 0.5) is 11.5 Å². The van der Waals surface area contributed by atoms with E-state index in [1.165, 1.54) is 12.1 Å². The van der Waals surface area contributed by atoms with Gasteiger partial charge in [0.2, 0.25) is 0 Å². The molecule has 172 valence electrons. The van der Waals surface area contributed by atoms with Crippen LogP contribution in [0.15, 0.2) is 58.1 Å². The summed E-state index contributed by atoms with van der Waals surface area (Å²) in [6.07, 6.45) is 0. The maximum atomic E-state index is 12.8. The normalized spacial score (nSPS) is 10.6. The molecule has 2 aromatic carbocycles. The molecule has 10 heteroatoms. The zero-order valence-electron chi connectivity index (χ0n) is 18.2. The van der Waals surface area contributed by atoms with Crippen molar-refractivity contribution >= 4 is 23.4 Å². The summed E-state index contributed by atoms with van der Waals surface area (Å²) in [4.78, 5) is 53.2. The number of carbonyl (C=O) groups excluding carboxylic acids is 2. The number of benzene rings is 2. The smallest absolute Gasteiger partial charge is 0.338 e. The second-order valence-corrected chi connectivity index (χ2v) is 7.28. The number of nitrogens with zero attached hydrogens (tertiary/aromatic N) is 2. The minimum Gasteiger partial charge on any atom is -0.508 e. The van der Waals surface area contributed by atoms with Gasteiger partial charge in [-0.05, 0) is 37.1 Å². The predicted molar refractivity (Wildman–Crippen MR) is 122 cm³/mol. The molecule has 0 saturated carbocycles. The van der Waals surface area contributed by atoms with Gasteiger partial charge in [0, 0.05) is 6.54 Å². The van der Waals surface area contributed by atoms with E-state index in [-0.39, 0.29) is 35.9 Å². The van der Waals surface area contributed by atoms with E-state index in [9.17, 15) is 24.3 Å². The first-order valence-corrected chi connectivity index (χ1v) is 10.2. The molecule has 0 radical (unpaired) electrons. The van der Waals surface area contributed by atoms with Crippen LogP contribution in [0.2, 0.25) is 0 Å². The zero-order chi connectivity index (χ0) is 24.1. The largest absolute Gasteiger partial charge is 0.508 e. The molecule has 0 fully saturated rings. The Bertz CT molecular complexity index is 1300. The van der Waals surface area contributed by atoms with E-state index < -0.39 is 29.7 Å². The lowest BCUT2D eigenvalue weighted by Crippen LogP contribution is -2.42. The van der Waals surface area contributed by atoms with Crippen molar-refractivity contribution < 1.29 is 19.4 Å². The molecule has 3 rings (SSSR count). The monoisotopic (exact) mass is 452 g/mol. The lowest BCUT2D eigenvalue weighted by molar-refractivity contribution is -0.121. The number of hydrogen-bond donors (Lipinski definition) is 3. The molecule has 0 spiro atoms. The van der Waals surface area contributed by atoms with Crippen molar-refractivity contribution in [3.63, 3.8) is 0 Å². The second-order valence-electron chi connectivity index (χ2n) is 7.28. The Hall–Kier alpha value is -4.34. The number of carbonyl (C=O) groups is 2. The molecule has 0 bridgehead atoms. The maximum absolute atomic E-state index is 12.8. The fourth-order valence-corrected chi connectivity index (χ4v) is 3.25. The molecule has 4 N–H and O–H groups in total. The number of nitrogens with two attached hydrogens (primary N) is 1. The van der Waals surface area contributed by atoms with Crippen LogP contribution in [0.3, 0.4) is 0 Å². The predicted octanol–water partition coefficient (Wildman–Crippen LogP) is 1.39. The summed E-state index contributed by atoms with van der Waals surface area (Å²) in [7, 11) is 0. The molecule has 0 unspecified atom stereocenters. The van der Waals surface area contributed by atoms with Crippen LogP contribution in [0.5, 0.6) is 5.75 Å². The van der Waals surface area contributed by atoms with Gasteiger partial charge >= 0.3 is 11.7 Å². The number of amides is 1. The Balaban J connectivity index is 1.84. The van der Waals surface area contributed by atoms with Crippen molar-refractivity contribution in [2.24, 2.45) is 0 Å². The molecule has 0 aliphatic carbocycles. The first kappa shape index (κ1) is 23.3. The van der Waals surface area contributed by atoms with Gasteiger partial charge in [0.05, 0.1) is 12.1 Å².